The van der Waals surface area contributed by atoms with Crippen molar-refractivity contribution in [1.29, 1.82) is 0 Å². The van der Waals surface area contributed by atoms with E-state index in [0.717, 1.165) is 22.6 Å². The lowest BCUT2D eigenvalue weighted by Gasteiger charge is -2.09. The van der Waals surface area contributed by atoms with Crippen molar-refractivity contribution in [3.8, 4) is 5.69 Å². The van der Waals surface area contributed by atoms with Gasteiger partial charge in [0.1, 0.15) is 0 Å². The lowest BCUT2D eigenvalue weighted by molar-refractivity contribution is -0.120. The van der Waals surface area contributed by atoms with Crippen LogP contribution in [0.1, 0.15) is 23.4 Å². The zero-order valence-corrected chi connectivity index (χ0v) is 17.9. The highest BCUT2D eigenvalue weighted by Crippen LogP contribution is 2.13. The molecule has 7 nitrogen and oxygen atoms in total. The largest absolute Gasteiger partial charge is 0.356 e. The maximum atomic E-state index is 12.1. The topological polar surface area (TPSA) is 93.1 Å². The van der Waals surface area contributed by atoms with E-state index in [1.54, 1.807) is 18.2 Å². The van der Waals surface area contributed by atoms with Crippen molar-refractivity contribution in [3.63, 3.8) is 0 Å². The van der Waals surface area contributed by atoms with Crippen LogP contribution in [0, 0.1) is 13.8 Å². The Balaban J connectivity index is 1.41. The van der Waals surface area contributed by atoms with E-state index in [9.17, 15) is 13.2 Å². The Morgan fingerprint density at radius 3 is 2.33 bits per heavy atom. The van der Waals surface area contributed by atoms with E-state index >= 15 is 0 Å². The summed E-state index contributed by atoms with van der Waals surface area (Å²) in [5.74, 6) is -0.190. The van der Waals surface area contributed by atoms with E-state index in [1.807, 2.05) is 48.9 Å². The van der Waals surface area contributed by atoms with E-state index in [-0.39, 0.29) is 23.8 Å². The average molecular weight is 427 g/mol. The van der Waals surface area contributed by atoms with Crippen LogP contribution in [-0.2, 0) is 21.2 Å². The molecule has 1 aromatic heterocycles. The van der Waals surface area contributed by atoms with Gasteiger partial charge in [-0.15, -0.1) is 0 Å². The summed E-state index contributed by atoms with van der Waals surface area (Å²) in [4.78, 5) is 12.2. The Kier molecular flexibility index (Phi) is 7.02. The van der Waals surface area contributed by atoms with Crippen molar-refractivity contribution in [2.24, 2.45) is 0 Å². The van der Waals surface area contributed by atoms with E-state index in [4.69, 9.17) is 0 Å². The Labute approximate surface area is 177 Å². The van der Waals surface area contributed by atoms with Crippen LogP contribution in [0.3, 0.4) is 0 Å². The van der Waals surface area contributed by atoms with Gasteiger partial charge in [-0.3, -0.25) is 4.79 Å². The van der Waals surface area contributed by atoms with Gasteiger partial charge in [0.2, 0.25) is 15.9 Å². The van der Waals surface area contributed by atoms with Gasteiger partial charge >= 0.3 is 0 Å². The minimum atomic E-state index is -3.59. The van der Waals surface area contributed by atoms with Crippen molar-refractivity contribution in [2.75, 3.05) is 13.1 Å². The number of carbonyl (C=O) groups is 1. The van der Waals surface area contributed by atoms with Crippen molar-refractivity contribution >= 4 is 15.9 Å². The fourth-order valence-corrected chi connectivity index (χ4v) is 4.16. The molecule has 0 aliphatic rings. The van der Waals surface area contributed by atoms with Gasteiger partial charge < -0.3 is 5.32 Å². The third kappa shape index (κ3) is 5.77. The summed E-state index contributed by atoms with van der Waals surface area (Å²) < 4.78 is 28.6. The first-order chi connectivity index (χ1) is 14.3. The van der Waals surface area contributed by atoms with Gasteiger partial charge in [0.25, 0.3) is 0 Å². The maximum absolute atomic E-state index is 12.1. The van der Waals surface area contributed by atoms with Crippen LogP contribution in [0.25, 0.3) is 5.69 Å². The van der Waals surface area contributed by atoms with Gasteiger partial charge in [-0.2, -0.15) is 5.10 Å². The summed E-state index contributed by atoms with van der Waals surface area (Å²) in [6.45, 7) is 4.53. The Morgan fingerprint density at radius 1 is 1.00 bits per heavy atom. The molecule has 158 valence electrons. The lowest BCUT2D eigenvalue weighted by atomic mass is 10.1. The first kappa shape index (κ1) is 21.7. The van der Waals surface area contributed by atoms with Gasteiger partial charge in [0, 0.05) is 25.2 Å². The zero-order chi connectivity index (χ0) is 21.6. The molecule has 3 rings (SSSR count). The van der Waals surface area contributed by atoms with Gasteiger partial charge in [-0.25, -0.2) is 17.8 Å². The molecule has 1 amide bonds. The summed E-state index contributed by atoms with van der Waals surface area (Å²) in [5.41, 5.74) is 4.16. The molecule has 0 saturated carbocycles. The van der Waals surface area contributed by atoms with Gasteiger partial charge in [0.05, 0.1) is 16.3 Å². The first-order valence-electron chi connectivity index (χ1n) is 9.79. The highest BCUT2D eigenvalue weighted by molar-refractivity contribution is 7.89. The normalized spacial score (nSPS) is 11.4. The number of aromatic nitrogens is 2. The number of sulfonamides is 1. The molecular weight excluding hydrogens is 400 g/mol. The number of nitrogens with zero attached hydrogens (tertiary/aromatic N) is 2. The van der Waals surface area contributed by atoms with E-state index in [2.05, 4.69) is 15.1 Å². The predicted octanol–water partition coefficient (Wildman–Crippen LogP) is 2.52. The molecule has 30 heavy (non-hydrogen) atoms. The summed E-state index contributed by atoms with van der Waals surface area (Å²) >= 11 is 0. The molecule has 0 atom stereocenters. The number of rotatable bonds is 9. The molecular formula is C22H26N4O3S. The summed E-state index contributed by atoms with van der Waals surface area (Å²) in [5, 5.41) is 7.30. The summed E-state index contributed by atoms with van der Waals surface area (Å²) in [6.07, 6.45) is 0.780. The third-order valence-corrected chi connectivity index (χ3v) is 6.10. The molecule has 0 unspecified atom stereocenters. The molecule has 0 radical (unpaired) electrons. The molecule has 3 aromatic rings. The molecule has 0 aliphatic heterocycles. The summed E-state index contributed by atoms with van der Waals surface area (Å²) in [6, 6.07) is 18.2. The molecule has 1 heterocycles. The van der Waals surface area contributed by atoms with Crippen LogP contribution in [0.15, 0.2) is 65.6 Å². The minimum Gasteiger partial charge on any atom is -0.356 e. The Morgan fingerprint density at radius 2 is 1.70 bits per heavy atom. The standard InChI is InChI=1S/C22H26N4O3S/c1-17-16-18(2)26(25-17)20-10-8-19(9-11-20)12-14-23-22(27)13-15-24-30(28,29)21-6-4-3-5-7-21/h3-11,16,24H,12-15H2,1-2H3,(H,23,27). The van der Waals surface area contributed by atoms with Crippen LogP contribution in [0.2, 0.25) is 0 Å². The number of carbonyl (C=O) groups excluding carboxylic acids is 1. The van der Waals surface area contributed by atoms with Gasteiger partial charge in [-0.05, 0) is 56.2 Å². The quantitative estimate of drug-likeness (QED) is 0.550. The molecule has 0 aliphatic carbocycles. The first-order valence-corrected chi connectivity index (χ1v) is 11.3. The fourth-order valence-electron chi connectivity index (χ4n) is 3.11. The van der Waals surface area contributed by atoms with Crippen molar-refractivity contribution in [1.82, 2.24) is 19.8 Å². The second-order valence-corrected chi connectivity index (χ2v) is 8.83. The number of benzene rings is 2. The zero-order valence-electron chi connectivity index (χ0n) is 17.1. The molecule has 0 fully saturated rings. The van der Waals surface area contributed by atoms with Crippen molar-refractivity contribution in [3.05, 3.63) is 77.6 Å². The number of amides is 1. The van der Waals surface area contributed by atoms with E-state index in [0.29, 0.717) is 13.0 Å². The van der Waals surface area contributed by atoms with Gasteiger partial charge in [-0.1, -0.05) is 30.3 Å². The predicted molar refractivity (Wildman–Crippen MR) is 116 cm³/mol. The molecule has 0 spiro atoms. The second kappa shape index (κ2) is 9.69. The average Bonchev–Trinajstić information content (AvgIpc) is 3.07. The van der Waals surface area contributed by atoms with Crippen LogP contribution in [-0.4, -0.2) is 37.2 Å². The molecule has 0 bridgehead atoms. The fraction of sp³-hybridized carbons (Fsp3) is 0.273. The number of hydrogen-bond acceptors (Lipinski definition) is 4. The van der Waals surface area contributed by atoms with Crippen LogP contribution < -0.4 is 10.0 Å². The molecule has 8 heteroatoms. The lowest BCUT2D eigenvalue weighted by Crippen LogP contribution is -2.31. The van der Waals surface area contributed by atoms with Crippen LogP contribution in [0.5, 0.6) is 0 Å². The Bertz CT molecular complexity index is 1090. The van der Waals surface area contributed by atoms with Crippen LogP contribution in [0.4, 0.5) is 0 Å². The minimum absolute atomic E-state index is 0.0559. The smallest absolute Gasteiger partial charge is 0.240 e. The number of aryl methyl sites for hydroxylation is 2. The number of nitrogens with one attached hydrogen (secondary N) is 2. The van der Waals surface area contributed by atoms with Crippen molar-refractivity contribution in [2.45, 2.75) is 31.6 Å². The van der Waals surface area contributed by atoms with E-state index in [1.165, 1.54) is 12.1 Å². The van der Waals surface area contributed by atoms with Crippen molar-refractivity contribution < 1.29 is 13.2 Å². The highest BCUT2D eigenvalue weighted by Gasteiger charge is 2.13. The molecule has 2 N–H and O–H groups in total. The third-order valence-electron chi connectivity index (χ3n) is 4.62. The Hall–Kier alpha value is -2.97. The van der Waals surface area contributed by atoms with Crippen LogP contribution >= 0.6 is 0 Å². The second-order valence-electron chi connectivity index (χ2n) is 7.07. The SMILES string of the molecule is Cc1cc(C)n(-c2ccc(CCNC(=O)CCNS(=O)(=O)c3ccccc3)cc2)n1. The molecule has 2 aromatic carbocycles. The van der Waals surface area contributed by atoms with Gasteiger partial charge in [0.15, 0.2) is 0 Å². The van der Waals surface area contributed by atoms with E-state index < -0.39 is 10.0 Å². The summed E-state index contributed by atoms with van der Waals surface area (Å²) in [7, 11) is -3.59. The molecule has 0 saturated heterocycles. The highest BCUT2D eigenvalue weighted by atomic mass is 32.2. The monoisotopic (exact) mass is 426 g/mol. The maximum Gasteiger partial charge on any atom is 0.240 e. The number of hydrogen-bond donors (Lipinski definition) is 2.